The lowest BCUT2D eigenvalue weighted by Gasteiger charge is -2.06. The first-order valence-corrected chi connectivity index (χ1v) is 6.18. The van der Waals surface area contributed by atoms with Crippen LogP contribution >= 0.6 is 11.8 Å². The van der Waals surface area contributed by atoms with Crippen LogP contribution in [0.15, 0.2) is 52.3 Å². The van der Waals surface area contributed by atoms with Crippen LogP contribution in [0.25, 0.3) is 0 Å². The molecule has 0 radical (unpaired) electrons. The molecule has 0 aliphatic carbocycles. The van der Waals surface area contributed by atoms with Gasteiger partial charge in [-0.3, -0.25) is 0 Å². The highest BCUT2D eigenvalue weighted by Gasteiger charge is 2.01. The Morgan fingerprint density at radius 1 is 1.06 bits per heavy atom. The Kier molecular flexibility index (Phi) is 3.59. The number of benzene rings is 2. The van der Waals surface area contributed by atoms with E-state index >= 15 is 0 Å². The Balaban J connectivity index is 2.24. The smallest absolute Gasteiger partial charge is 0.119 e. The van der Waals surface area contributed by atoms with E-state index in [4.69, 9.17) is 10.5 Å². The minimum atomic E-state index is 0.801. The number of aryl methyl sites for hydroxylation is 1. The third-order valence-electron chi connectivity index (χ3n) is 2.35. The van der Waals surface area contributed by atoms with Gasteiger partial charge in [0.05, 0.1) is 7.11 Å². The van der Waals surface area contributed by atoms with Crippen molar-refractivity contribution in [3.8, 4) is 5.75 Å². The summed E-state index contributed by atoms with van der Waals surface area (Å²) in [5, 5.41) is 0. The topological polar surface area (TPSA) is 35.2 Å². The highest BCUT2D eigenvalue weighted by Crippen LogP contribution is 2.31. The summed E-state index contributed by atoms with van der Waals surface area (Å²) in [6.45, 7) is 2.05. The molecular weight excluding hydrogens is 230 g/mol. The summed E-state index contributed by atoms with van der Waals surface area (Å²) in [5.74, 6) is 0.871. The third kappa shape index (κ3) is 3.17. The van der Waals surface area contributed by atoms with Gasteiger partial charge in [0.25, 0.3) is 0 Å². The van der Waals surface area contributed by atoms with Gasteiger partial charge in [-0.2, -0.15) is 0 Å². The molecule has 0 saturated carbocycles. The van der Waals surface area contributed by atoms with Crippen molar-refractivity contribution in [2.75, 3.05) is 12.8 Å². The predicted octanol–water partition coefficient (Wildman–Crippen LogP) is 3.74. The van der Waals surface area contributed by atoms with Crippen molar-refractivity contribution < 1.29 is 4.74 Å². The van der Waals surface area contributed by atoms with Crippen LogP contribution in [0.1, 0.15) is 5.56 Å². The van der Waals surface area contributed by atoms with E-state index in [2.05, 4.69) is 12.1 Å². The number of hydrogen-bond acceptors (Lipinski definition) is 3. The lowest BCUT2D eigenvalue weighted by Crippen LogP contribution is -1.87. The van der Waals surface area contributed by atoms with E-state index in [1.54, 1.807) is 18.9 Å². The van der Waals surface area contributed by atoms with Crippen LogP contribution in [0.5, 0.6) is 5.75 Å². The second-order valence-electron chi connectivity index (χ2n) is 3.86. The van der Waals surface area contributed by atoms with Crippen LogP contribution in [-0.2, 0) is 0 Å². The molecule has 0 aliphatic heterocycles. The van der Waals surface area contributed by atoms with Gasteiger partial charge in [-0.15, -0.1) is 0 Å². The normalized spacial score (nSPS) is 10.2. The van der Waals surface area contributed by atoms with Crippen molar-refractivity contribution in [1.29, 1.82) is 0 Å². The number of methoxy groups -OCH3 is 1. The van der Waals surface area contributed by atoms with E-state index in [1.165, 1.54) is 5.56 Å². The molecule has 2 N–H and O–H groups in total. The van der Waals surface area contributed by atoms with Crippen molar-refractivity contribution in [3.05, 3.63) is 48.0 Å². The molecule has 0 aliphatic rings. The summed E-state index contributed by atoms with van der Waals surface area (Å²) in [6, 6.07) is 14.1. The summed E-state index contributed by atoms with van der Waals surface area (Å²) in [4.78, 5) is 2.30. The molecule has 2 aromatic rings. The van der Waals surface area contributed by atoms with Crippen molar-refractivity contribution in [2.45, 2.75) is 16.7 Å². The SMILES string of the molecule is COc1cccc(Sc2cc(C)cc(N)c2)c1. The molecule has 0 amide bonds. The molecule has 0 unspecified atom stereocenters. The van der Waals surface area contributed by atoms with Crippen LogP contribution in [0.2, 0.25) is 0 Å². The maximum absolute atomic E-state index is 5.83. The molecule has 0 bridgehead atoms. The summed E-state index contributed by atoms with van der Waals surface area (Å²) >= 11 is 1.69. The number of hydrogen-bond donors (Lipinski definition) is 1. The molecule has 0 saturated heterocycles. The number of anilines is 1. The van der Waals surface area contributed by atoms with E-state index < -0.39 is 0 Å². The van der Waals surface area contributed by atoms with Gasteiger partial charge in [0.2, 0.25) is 0 Å². The quantitative estimate of drug-likeness (QED) is 0.837. The van der Waals surface area contributed by atoms with Crippen molar-refractivity contribution in [2.24, 2.45) is 0 Å². The molecule has 0 atom stereocenters. The predicted molar refractivity (Wildman–Crippen MR) is 72.7 cm³/mol. The fraction of sp³-hybridized carbons (Fsp3) is 0.143. The standard InChI is InChI=1S/C14H15NOS/c1-10-6-11(15)8-14(7-10)17-13-5-3-4-12(9-13)16-2/h3-9H,15H2,1-2H3. The average Bonchev–Trinajstić information content (AvgIpc) is 2.28. The number of nitrogens with two attached hydrogens (primary N) is 1. The van der Waals surface area contributed by atoms with Crippen molar-refractivity contribution in [3.63, 3.8) is 0 Å². The van der Waals surface area contributed by atoms with Gasteiger partial charge in [0.15, 0.2) is 0 Å². The second kappa shape index (κ2) is 5.15. The van der Waals surface area contributed by atoms with Gasteiger partial charge in [0.1, 0.15) is 5.75 Å². The van der Waals surface area contributed by atoms with Gasteiger partial charge in [0, 0.05) is 15.5 Å². The zero-order valence-electron chi connectivity index (χ0n) is 9.94. The van der Waals surface area contributed by atoms with Gasteiger partial charge in [-0.05, 0) is 48.9 Å². The van der Waals surface area contributed by atoms with E-state index in [0.29, 0.717) is 0 Å². The zero-order valence-corrected chi connectivity index (χ0v) is 10.8. The first-order valence-electron chi connectivity index (χ1n) is 5.36. The van der Waals surface area contributed by atoms with Gasteiger partial charge in [-0.1, -0.05) is 17.8 Å². The van der Waals surface area contributed by atoms with Crippen LogP contribution < -0.4 is 10.5 Å². The zero-order chi connectivity index (χ0) is 12.3. The molecule has 88 valence electrons. The number of nitrogen functional groups attached to an aromatic ring is 1. The first-order chi connectivity index (χ1) is 8.17. The minimum absolute atomic E-state index is 0.801. The molecule has 0 aromatic heterocycles. The maximum atomic E-state index is 5.83. The average molecular weight is 245 g/mol. The van der Waals surface area contributed by atoms with E-state index in [9.17, 15) is 0 Å². The van der Waals surface area contributed by atoms with E-state index in [0.717, 1.165) is 21.2 Å². The van der Waals surface area contributed by atoms with Crippen LogP contribution in [0.4, 0.5) is 5.69 Å². The number of ether oxygens (including phenoxy) is 1. The maximum Gasteiger partial charge on any atom is 0.119 e. The lowest BCUT2D eigenvalue weighted by molar-refractivity contribution is 0.413. The molecule has 0 fully saturated rings. The fourth-order valence-corrected chi connectivity index (χ4v) is 2.67. The molecule has 2 nitrogen and oxygen atoms in total. The third-order valence-corrected chi connectivity index (χ3v) is 3.31. The summed E-state index contributed by atoms with van der Waals surface area (Å²) in [5.41, 5.74) is 7.81. The van der Waals surface area contributed by atoms with Crippen molar-refractivity contribution >= 4 is 17.4 Å². The largest absolute Gasteiger partial charge is 0.497 e. The Bertz CT molecular complexity index is 505. The van der Waals surface area contributed by atoms with Crippen LogP contribution in [-0.4, -0.2) is 7.11 Å². The molecule has 3 heteroatoms. The minimum Gasteiger partial charge on any atom is -0.497 e. The van der Waals surface area contributed by atoms with Crippen molar-refractivity contribution in [1.82, 2.24) is 0 Å². The van der Waals surface area contributed by atoms with Crippen LogP contribution in [0, 0.1) is 6.92 Å². The Labute approximate surface area is 106 Å². The van der Waals surface area contributed by atoms with E-state index in [-0.39, 0.29) is 0 Å². The van der Waals surface area contributed by atoms with Gasteiger partial charge < -0.3 is 10.5 Å². The van der Waals surface area contributed by atoms with Gasteiger partial charge in [-0.25, -0.2) is 0 Å². The first kappa shape index (κ1) is 11.9. The van der Waals surface area contributed by atoms with Gasteiger partial charge >= 0.3 is 0 Å². The monoisotopic (exact) mass is 245 g/mol. The molecule has 0 heterocycles. The van der Waals surface area contributed by atoms with Crippen LogP contribution in [0.3, 0.4) is 0 Å². The summed E-state index contributed by atoms with van der Waals surface area (Å²) in [6.07, 6.45) is 0. The fourth-order valence-electron chi connectivity index (χ4n) is 1.64. The van der Waals surface area contributed by atoms with E-state index in [1.807, 2.05) is 37.3 Å². The Hall–Kier alpha value is -1.61. The highest BCUT2D eigenvalue weighted by molar-refractivity contribution is 7.99. The molecule has 0 spiro atoms. The second-order valence-corrected chi connectivity index (χ2v) is 5.01. The lowest BCUT2D eigenvalue weighted by atomic mass is 10.2. The molecular formula is C14H15NOS. The summed E-state index contributed by atoms with van der Waals surface area (Å²) in [7, 11) is 1.68. The molecule has 2 aromatic carbocycles. The Morgan fingerprint density at radius 3 is 2.59 bits per heavy atom. The Morgan fingerprint density at radius 2 is 1.88 bits per heavy atom. The highest BCUT2D eigenvalue weighted by atomic mass is 32.2. The summed E-state index contributed by atoms with van der Waals surface area (Å²) < 4.78 is 5.20. The molecule has 2 rings (SSSR count). The number of rotatable bonds is 3. The molecule has 17 heavy (non-hydrogen) atoms.